The van der Waals surface area contributed by atoms with Gasteiger partial charge in [-0.1, -0.05) is 26.0 Å². The van der Waals surface area contributed by atoms with Crippen molar-refractivity contribution >= 4 is 0 Å². The van der Waals surface area contributed by atoms with E-state index in [0.717, 1.165) is 101 Å². The lowest BCUT2D eigenvalue weighted by molar-refractivity contribution is 0.248. The molecule has 0 radical (unpaired) electrons. The first-order chi connectivity index (χ1) is 24.6. The molecule has 2 aromatic carbocycles. The molecular formula is C42H66N4O4. The number of benzene rings is 2. The standard InChI is InChI=1S/C42H66N4O4/c1-31(27-33-11-13-39(47-23-15-35-7-3-19-43-35)41(29-33)49-25-17-37-9-5-21-45-37)32(2)28-34-12-14-40(48-24-16-36-8-4-20-44-36)42(30-34)50-26-18-38-10-6-22-46-38/h11-14,29-32,35-38,43-46H,3-10,15-28H2,1-2H3. The summed E-state index contributed by atoms with van der Waals surface area (Å²) in [5, 5.41) is 14.4. The molecule has 0 aliphatic carbocycles. The minimum absolute atomic E-state index is 0.499. The summed E-state index contributed by atoms with van der Waals surface area (Å²) >= 11 is 0. The Bertz CT molecular complexity index is 1170. The Kier molecular flexibility index (Phi) is 14.8. The molecule has 0 amide bonds. The lowest BCUT2D eigenvalue weighted by atomic mass is 9.85. The Morgan fingerprint density at radius 1 is 0.480 bits per heavy atom. The fourth-order valence-electron chi connectivity index (χ4n) is 8.23. The third kappa shape index (κ3) is 11.8. The van der Waals surface area contributed by atoms with Crippen molar-refractivity contribution in [3.63, 3.8) is 0 Å². The zero-order chi connectivity index (χ0) is 34.4. The highest BCUT2D eigenvalue weighted by Crippen LogP contribution is 2.34. The summed E-state index contributed by atoms with van der Waals surface area (Å²) in [5.74, 6) is 4.55. The number of rotatable bonds is 21. The van der Waals surface area contributed by atoms with Gasteiger partial charge in [0.2, 0.25) is 0 Å². The van der Waals surface area contributed by atoms with Crippen LogP contribution >= 0.6 is 0 Å². The Balaban J connectivity index is 1.04. The molecule has 4 heterocycles. The van der Waals surface area contributed by atoms with Crippen molar-refractivity contribution in [3.8, 4) is 23.0 Å². The van der Waals surface area contributed by atoms with E-state index in [0.29, 0.717) is 49.2 Å². The van der Waals surface area contributed by atoms with Gasteiger partial charge in [0.05, 0.1) is 26.4 Å². The Labute approximate surface area is 302 Å². The molecule has 278 valence electrons. The molecule has 0 saturated carbocycles. The molecule has 4 aliphatic heterocycles. The molecule has 0 aromatic heterocycles. The first-order valence-corrected chi connectivity index (χ1v) is 20.3. The molecule has 4 aliphatic rings. The molecule has 4 fully saturated rings. The minimum Gasteiger partial charge on any atom is -0.490 e. The first kappa shape index (κ1) is 37.2. The van der Waals surface area contributed by atoms with Gasteiger partial charge in [0, 0.05) is 24.2 Å². The van der Waals surface area contributed by atoms with Crippen LogP contribution in [0.15, 0.2) is 36.4 Å². The van der Waals surface area contributed by atoms with E-state index in [9.17, 15) is 0 Å². The molecule has 0 bridgehead atoms. The van der Waals surface area contributed by atoms with Crippen LogP contribution < -0.4 is 40.2 Å². The van der Waals surface area contributed by atoms with Gasteiger partial charge >= 0.3 is 0 Å². The Morgan fingerprint density at radius 3 is 1.10 bits per heavy atom. The maximum Gasteiger partial charge on any atom is 0.161 e. The highest BCUT2D eigenvalue weighted by Gasteiger charge is 2.21. The Morgan fingerprint density at radius 2 is 0.800 bits per heavy atom. The highest BCUT2D eigenvalue weighted by molar-refractivity contribution is 5.44. The number of nitrogens with one attached hydrogen (secondary N) is 4. The number of ether oxygens (including phenoxy) is 4. The van der Waals surface area contributed by atoms with Gasteiger partial charge in [-0.15, -0.1) is 0 Å². The number of hydrogen-bond donors (Lipinski definition) is 4. The normalized spacial score (nSPS) is 24.8. The van der Waals surface area contributed by atoms with E-state index < -0.39 is 0 Å². The van der Waals surface area contributed by atoms with Gasteiger partial charge in [-0.25, -0.2) is 0 Å². The van der Waals surface area contributed by atoms with Crippen LogP contribution in [0.25, 0.3) is 0 Å². The van der Waals surface area contributed by atoms with E-state index in [4.69, 9.17) is 18.9 Å². The SMILES string of the molecule is CC(Cc1ccc(OCCC2CCCN2)c(OCCC2CCCN2)c1)C(C)Cc1ccc(OCCC2CCCN2)c(OCCC2CCCN2)c1. The van der Waals surface area contributed by atoms with Gasteiger partial charge in [0.15, 0.2) is 23.0 Å². The van der Waals surface area contributed by atoms with E-state index in [1.165, 1.54) is 62.5 Å². The molecule has 8 heteroatoms. The molecule has 6 rings (SSSR count). The molecule has 6 atom stereocenters. The third-order valence-corrected chi connectivity index (χ3v) is 11.6. The summed E-state index contributed by atoms with van der Waals surface area (Å²) in [5.41, 5.74) is 2.63. The van der Waals surface area contributed by atoms with Gasteiger partial charge in [-0.2, -0.15) is 0 Å². The fraction of sp³-hybridized carbons (Fsp3) is 0.714. The average Bonchev–Trinajstić information content (AvgIpc) is 3.96. The minimum atomic E-state index is 0.499. The second-order valence-electron chi connectivity index (χ2n) is 15.6. The van der Waals surface area contributed by atoms with Crippen LogP contribution in [0.4, 0.5) is 0 Å². The lowest BCUT2D eigenvalue weighted by Gasteiger charge is -2.22. The van der Waals surface area contributed by atoms with Crippen molar-refractivity contribution in [2.75, 3.05) is 52.6 Å². The molecule has 50 heavy (non-hydrogen) atoms. The molecular weight excluding hydrogens is 624 g/mol. The largest absolute Gasteiger partial charge is 0.490 e. The summed E-state index contributed by atoms with van der Waals surface area (Å²) in [6, 6.07) is 15.6. The first-order valence-electron chi connectivity index (χ1n) is 20.3. The van der Waals surface area contributed by atoms with Crippen LogP contribution in [0.1, 0.15) is 102 Å². The van der Waals surface area contributed by atoms with Crippen molar-refractivity contribution in [3.05, 3.63) is 47.5 Å². The van der Waals surface area contributed by atoms with Gasteiger partial charge in [-0.3, -0.25) is 0 Å². The van der Waals surface area contributed by atoms with E-state index in [-0.39, 0.29) is 0 Å². The lowest BCUT2D eigenvalue weighted by Crippen LogP contribution is -2.24. The topological polar surface area (TPSA) is 85.0 Å². The fourth-order valence-corrected chi connectivity index (χ4v) is 8.23. The maximum atomic E-state index is 6.43. The average molecular weight is 691 g/mol. The maximum absolute atomic E-state index is 6.43. The summed E-state index contributed by atoms with van der Waals surface area (Å²) in [7, 11) is 0. The summed E-state index contributed by atoms with van der Waals surface area (Å²) in [6.07, 6.45) is 16.2. The predicted octanol–water partition coefficient (Wildman–Crippen LogP) is 6.83. The Hall–Kier alpha value is -2.52. The van der Waals surface area contributed by atoms with Crippen LogP contribution in [0, 0.1) is 11.8 Å². The van der Waals surface area contributed by atoms with Gasteiger partial charge < -0.3 is 40.2 Å². The quantitative estimate of drug-likeness (QED) is 0.114. The van der Waals surface area contributed by atoms with Crippen molar-refractivity contribution in [1.29, 1.82) is 0 Å². The van der Waals surface area contributed by atoms with Crippen molar-refractivity contribution < 1.29 is 18.9 Å². The van der Waals surface area contributed by atoms with Crippen molar-refractivity contribution in [2.24, 2.45) is 11.8 Å². The second kappa shape index (κ2) is 19.9. The van der Waals surface area contributed by atoms with Crippen LogP contribution in [0.3, 0.4) is 0 Å². The highest BCUT2D eigenvalue weighted by atomic mass is 16.5. The molecule has 6 unspecified atom stereocenters. The zero-order valence-electron chi connectivity index (χ0n) is 31.1. The van der Waals surface area contributed by atoms with E-state index in [2.05, 4.69) is 71.5 Å². The summed E-state index contributed by atoms with van der Waals surface area (Å²) in [6.45, 7) is 12.2. The molecule has 2 aromatic rings. The van der Waals surface area contributed by atoms with Crippen LogP contribution in [0.2, 0.25) is 0 Å². The monoisotopic (exact) mass is 691 g/mol. The molecule has 4 N–H and O–H groups in total. The van der Waals surface area contributed by atoms with Gasteiger partial charge in [0.1, 0.15) is 0 Å². The van der Waals surface area contributed by atoms with Crippen LogP contribution in [-0.2, 0) is 12.8 Å². The smallest absolute Gasteiger partial charge is 0.161 e. The summed E-state index contributed by atoms with van der Waals surface area (Å²) < 4.78 is 25.5. The van der Waals surface area contributed by atoms with Gasteiger partial charge in [-0.05, 0) is 163 Å². The zero-order valence-corrected chi connectivity index (χ0v) is 31.1. The van der Waals surface area contributed by atoms with Crippen molar-refractivity contribution in [2.45, 2.75) is 128 Å². The molecule has 4 saturated heterocycles. The van der Waals surface area contributed by atoms with Crippen LogP contribution in [-0.4, -0.2) is 76.8 Å². The van der Waals surface area contributed by atoms with E-state index in [1.54, 1.807) is 0 Å². The van der Waals surface area contributed by atoms with E-state index >= 15 is 0 Å². The molecule has 8 nitrogen and oxygen atoms in total. The number of hydrogen-bond acceptors (Lipinski definition) is 8. The second-order valence-corrected chi connectivity index (χ2v) is 15.6. The molecule has 0 spiro atoms. The van der Waals surface area contributed by atoms with Gasteiger partial charge in [0.25, 0.3) is 0 Å². The van der Waals surface area contributed by atoms with Crippen molar-refractivity contribution in [1.82, 2.24) is 21.3 Å². The van der Waals surface area contributed by atoms with Crippen LogP contribution in [0.5, 0.6) is 23.0 Å². The van der Waals surface area contributed by atoms with E-state index in [1.807, 2.05) is 0 Å². The predicted molar refractivity (Wildman–Crippen MR) is 203 cm³/mol. The third-order valence-electron chi connectivity index (χ3n) is 11.6. The summed E-state index contributed by atoms with van der Waals surface area (Å²) in [4.78, 5) is 0.